The highest BCUT2D eigenvalue weighted by atomic mass is 14.9. The summed E-state index contributed by atoms with van der Waals surface area (Å²) in [7, 11) is 0. The Hall–Kier alpha value is -3.80. The SMILES string of the molecule is Nc1ccc(-c2nc3cc4nc(-c5ccc(N)cc5)[nH]c4cc3[nH]2)cc1. The van der Waals surface area contributed by atoms with Gasteiger partial charge >= 0.3 is 0 Å². The summed E-state index contributed by atoms with van der Waals surface area (Å²) in [4.78, 5) is 16.1. The Balaban J connectivity index is 1.60. The highest BCUT2D eigenvalue weighted by molar-refractivity contribution is 5.94. The molecule has 26 heavy (non-hydrogen) atoms. The number of aromatic amines is 2. The fraction of sp³-hybridized carbons (Fsp3) is 0. The van der Waals surface area contributed by atoms with Gasteiger partial charge in [0, 0.05) is 22.5 Å². The number of nitrogens with two attached hydrogens (primary N) is 2. The molecular weight excluding hydrogens is 324 g/mol. The number of hydrogen-bond donors (Lipinski definition) is 4. The number of nitrogens with one attached hydrogen (secondary N) is 2. The van der Waals surface area contributed by atoms with Crippen LogP contribution in [-0.2, 0) is 0 Å². The Morgan fingerprint density at radius 3 is 1.42 bits per heavy atom. The van der Waals surface area contributed by atoms with Gasteiger partial charge in [-0.25, -0.2) is 9.97 Å². The van der Waals surface area contributed by atoms with Crippen LogP contribution in [0.1, 0.15) is 0 Å². The predicted octanol–water partition coefficient (Wildman–Crippen LogP) is 3.94. The minimum Gasteiger partial charge on any atom is -0.399 e. The van der Waals surface area contributed by atoms with Crippen molar-refractivity contribution in [2.75, 3.05) is 11.5 Å². The van der Waals surface area contributed by atoms with Crippen LogP contribution in [0.4, 0.5) is 11.4 Å². The van der Waals surface area contributed by atoms with Crippen molar-refractivity contribution in [3.8, 4) is 22.8 Å². The van der Waals surface area contributed by atoms with Crippen molar-refractivity contribution in [1.29, 1.82) is 0 Å². The first kappa shape index (κ1) is 14.5. The molecule has 0 radical (unpaired) electrons. The summed E-state index contributed by atoms with van der Waals surface area (Å²) < 4.78 is 0. The molecule has 0 fully saturated rings. The number of hydrogen-bond acceptors (Lipinski definition) is 4. The zero-order valence-electron chi connectivity index (χ0n) is 13.8. The van der Waals surface area contributed by atoms with Crippen molar-refractivity contribution in [1.82, 2.24) is 19.9 Å². The van der Waals surface area contributed by atoms with Crippen molar-refractivity contribution < 1.29 is 0 Å². The average molecular weight is 340 g/mol. The second-order valence-electron chi connectivity index (χ2n) is 6.30. The second-order valence-corrected chi connectivity index (χ2v) is 6.30. The average Bonchev–Trinajstić information content (AvgIpc) is 3.23. The van der Waals surface area contributed by atoms with Crippen LogP contribution >= 0.6 is 0 Å². The summed E-state index contributed by atoms with van der Waals surface area (Å²) in [6.45, 7) is 0. The van der Waals surface area contributed by atoms with Crippen LogP contribution in [0.25, 0.3) is 44.8 Å². The first-order valence-electron chi connectivity index (χ1n) is 8.27. The summed E-state index contributed by atoms with van der Waals surface area (Å²) >= 11 is 0. The minimum atomic E-state index is 0.734. The minimum absolute atomic E-state index is 0.734. The maximum atomic E-state index is 5.75. The van der Waals surface area contributed by atoms with Gasteiger partial charge in [-0.15, -0.1) is 0 Å². The van der Waals surface area contributed by atoms with E-state index in [0.717, 1.165) is 56.2 Å². The van der Waals surface area contributed by atoms with Crippen LogP contribution < -0.4 is 11.5 Å². The fourth-order valence-corrected chi connectivity index (χ4v) is 3.07. The predicted molar refractivity (Wildman–Crippen MR) is 105 cm³/mol. The second kappa shape index (κ2) is 5.35. The Morgan fingerprint density at radius 1 is 0.577 bits per heavy atom. The van der Waals surface area contributed by atoms with Gasteiger partial charge < -0.3 is 21.4 Å². The molecule has 6 nitrogen and oxygen atoms in total. The molecule has 0 unspecified atom stereocenters. The van der Waals surface area contributed by atoms with Crippen molar-refractivity contribution >= 4 is 33.4 Å². The first-order valence-corrected chi connectivity index (χ1v) is 8.27. The number of benzene rings is 3. The van der Waals surface area contributed by atoms with E-state index in [1.54, 1.807) is 0 Å². The van der Waals surface area contributed by atoms with E-state index >= 15 is 0 Å². The van der Waals surface area contributed by atoms with E-state index in [1.807, 2.05) is 60.7 Å². The standard InChI is InChI=1S/C20H16N6/c21-13-5-1-11(2-6-13)19-23-15-9-17-18(10-16(15)24-19)26-20(25-17)12-3-7-14(22)8-4-12/h1-10H,21-22H2,(H,23,24)(H,25,26). The smallest absolute Gasteiger partial charge is 0.138 e. The third-order valence-corrected chi connectivity index (χ3v) is 4.45. The summed E-state index contributed by atoms with van der Waals surface area (Å²) in [5, 5.41) is 0. The van der Waals surface area contributed by atoms with Crippen LogP contribution in [0.15, 0.2) is 60.7 Å². The third kappa shape index (κ3) is 2.36. The molecule has 0 amide bonds. The molecule has 0 spiro atoms. The van der Waals surface area contributed by atoms with E-state index in [0.29, 0.717) is 0 Å². The summed E-state index contributed by atoms with van der Waals surface area (Å²) in [5.41, 5.74) is 18.6. The van der Waals surface area contributed by atoms with E-state index in [1.165, 1.54) is 0 Å². The van der Waals surface area contributed by atoms with Gasteiger partial charge in [0.2, 0.25) is 0 Å². The first-order chi connectivity index (χ1) is 12.7. The number of nitrogen functional groups attached to an aromatic ring is 2. The molecule has 0 bridgehead atoms. The topological polar surface area (TPSA) is 109 Å². The van der Waals surface area contributed by atoms with E-state index in [9.17, 15) is 0 Å². The van der Waals surface area contributed by atoms with Gasteiger partial charge in [0.15, 0.2) is 0 Å². The highest BCUT2D eigenvalue weighted by Gasteiger charge is 2.10. The van der Waals surface area contributed by atoms with Crippen molar-refractivity contribution in [2.24, 2.45) is 0 Å². The lowest BCUT2D eigenvalue weighted by molar-refractivity contribution is 1.33. The lowest BCUT2D eigenvalue weighted by Gasteiger charge is -1.96. The maximum Gasteiger partial charge on any atom is 0.138 e. The monoisotopic (exact) mass is 340 g/mol. The number of fused-ring (bicyclic) bond motifs is 2. The molecule has 0 atom stereocenters. The third-order valence-electron chi connectivity index (χ3n) is 4.45. The molecule has 0 aliphatic carbocycles. The number of rotatable bonds is 2. The fourth-order valence-electron chi connectivity index (χ4n) is 3.07. The molecule has 0 saturated carbocycles. The Bertz CT molecular complexity index is 1080. The van der Waals surface area contributed by atoms with Crippen molar-refractivity contribution in [3.63, 3.8) is 0 Å². The summed E-state index contributed by atoms with van der Waals surface area (Å²) in [5.74, 6) is 1.62. The normalized spacial score (nSPS) is 11.4. The van der Waals surface area contributed by atoms with Gasteiger partial charge in [-0.3, -0.25) is 0 Å². The van der Waals surface area contributed by atoms with E-state index in [-0.39, 0.29) is 0 Å². The Labute approximate surface area is 148 Å². The number of imidazole rings is 2. The van der Waals surface area contributed by atoms with Crippen molar-refractivity contribution in [2.45, 2.75) is 0 Å². The van der Waals surface area contributed by atoms with E-state index in [2.05, 4.69) is 19.9 Å². The molecule has 3 aromatic carbocycles. The van der Waals surface area contributed by atoms with Crippen LogP contribution in [0.5, 0.6) is 0 Å². The molecule has 0 aliphatic rings. The van der Waals surface area contributed by atoms with Gasteiger partial charge in [-0.1, -0.05) is 0 Å². The molecule has 126 valence electrons. The van der Waals surface area contributed by atoms with Gasteiger partial charge in [-0.2, -0.15) is 0 Å². The number of aromatic nitrogens is 4. The molecule has 6 heteroatoms. The van der Waals surface area contributed by atoms with Gasteiger partial charge in [0.1, 0.15) is 11.6 Å². The quantitative estimate of drug-likeness (QED) is 0.365. The lowest BCUT2D eigenvalue weighted by atomic mass is 10.2. The zero-order chi connectivity index (χ0) is 17.7. The van der Waals surface area contributed by atoms with Crippen molar-refractivity contribution in [3.05, 3.63) is 60.7 Å². The van der Waals surface area contributed by atoms with Crippen LogP contribution in [0.3, 0.4) is 0 Å². The lowest BCUT2D eigenvalue weighted by Crippen LogP contribution is -1.85. The zero-order valence-corrected chi connectivity index (χ0v) is 13.8. The van der Waals surface area contributed by atoms with Gasteiger partial charge in [0.25, 0.3) is 0 Å². The number of nitrogens with zero attached hydrogens (tertiary/aromatic N) is 2. The molecular formula is C20H16N6. The van der Waals surface area contributed by atoms with Crippen LogP contribution in [0, 0.1) is 0 Å². The van der Waals surface area contributed by atoms with Gasteiger partial charge in [0.05, 0.1) is 22.1 Å². The molecule has 0 saturated heterocycles. The summed E-state index contributed by atoms with van der Waals surface area (Å²) in [6.07, 6.45) is 0. The largest absolute Gasteiger partial charge is 0.399 e. The van der Waals surface area contributed by atoms with E-state index < -0.39 is 0 Å². The Kier molecular flexibility index (Phi) is 2.99. The molecule has 6 N–H and O–H groups in total. The molecule has 0 aliphatic heterocycles. The van der Waals surface area contributed by atoms with E-state index in [4.69, 9.17) is 11.5 Å². The summed E-state index contributed by atoms with van der Waals surface area (Å²) in [6, 6.07) is 19.3. The molecule has 2 heterocycles. The maximum absolute atomic E-state index is 5.75. The molecule has 5 aromatic rings. The molecule has 5 rings (SSSR count). The van der Waals surface area contributed by atoms with Crippen LogP contribution in [-0.4, -0.2) is 19.9 Å². The number of anilines is 2. The van der Waals surface area contributed by atoms with Crippen LogP contribution in [0.2, 0.25) is 0 Å². The highest BCUT2D eigenvalue weighted by Crippen LogP contribution is 2.27. The molecule has 2 aromatic heterocycles. The Morgan fingerprint density at radius 2 is 1.00 bits per heavy atom. The van der Waals surface area contributed by atoms with Gasteiger partial charge in [-0.05, 0) is 60.7 Å². The number of H-pyrrole nitrogens is 2.